The molecule has 13 heteroatoms. The number of rotatable bonds is 0. The first-order valence-electron chi connectivity index (χ1n) is 4.52. The minimum atomic E-state index is -6.23. The lowest BCUT2D eigenvalue weighted by atomic mass is 10.0. The Bertz CT molecular complexity index is 447. The van der Waals surface area contributed by atoms with E-state index in [0.29, 0.717) is 0 Å². The highest BCUT2D eigenvalue weighted by atomic mass is 28.2. The molecule has 2 radical (unpaired) electrons. The molecule has 0 bridgehead atoms. The molecular formula is C8F12Si. The first-order valence-corrected chi connectivity index (χ1v) is 5.52. The number of hydrogen-bond acceptors (Lipinski definition) is 0. The smallest absolute Gasteiger partial charge is 0.167 e. The molecule has 0 spiro atoms. The van der Waals surface area contributed by atoms with E-state index in [4.69, 9.17) is 0 Å². The summed E-state index contributed by atoms with van der Waals surface area (Å²) in [5.74, 6) is 0. The van der Waals surface area contributed by atoms with Gasteiger partial charge >= 0.3 is 24.7 Å². The van der Waals surface area contributed by atoms with E-state index in [-0.39, 0.29) is 0 Å². The van der Waals surface area contributed by atoms with Crippen LogP contribution in [0.4, 0.5) is 52.7 Å². The molecule has 0 amide bonds. The number of hydrogen-bond donors (Lipinski definition) is 0. The van der Waals surface area contributed by atoms with Gasteiger partial charge in [-0.1, -0.05) is 0 Å². The Kier molecular flexibility index (Phi) is 3.99. The lowest BCUT2D eigenvalue weighted by Gasteiger charge is -2.19. The summed E-state index contributed by atoms with van der Waals surface area (Å²) in [7, 11) is -2.83. The SMILES string of the molecule is FC(F)(F)C1=C(C(F)(F)F)C(C(F)(F)F)=C(C(F)(F)F)[Si]1. The number of halogens is 12. The van der Waals surface area contributed by atoms with Gasteiger partial charge in [0.25, 0.3) is 0 Å². The molecule has 0 fully saturated rings. The predicted molar refractivity (Wildman–Crippen MR) is 44.0 cm³/mol. The zero-order valence-corrected chi connectivity index (χ0v) is 10.0. The molecular weight excluding hydrogens is 352 g/mol. The molecule has 0 saturated heterocycles. The maximum atomic E-state index is 12.4. The van der Waals surface area contributed by atoms with Crippen LogP contribution in [0.3, 0.4) is 0 Å². The average Bonchev–Trinajstić information content (AvgIpc) is 2.52. The summed E-state index contributed by atoms with van der Waals surface area (Å²) in [5.41, 5.74) is -6.65. The Balaban J connectivity index is 3.73. The number of allylic oxidation sites excluding steroid dienone is 4. The lowest BCUT2D eigenvalue weighted by molar-refractivity contribution is -0.130. The summed E-state index contributed by atoms with van der Waals surface area (Å²) in [6.45, 7) is 0. The molecule has 21 heavy (non-hydrogen) atoms. The summed E-state index contributed by atoms with van der Waals surface area (Å²) in [4.78, 5) is 0. The van der Waals surface area contributed by atoms with E-state index >= 15 is 0 Å². The van der Waals surface area contributed by atoms with Crippen molar-refractivity contribution in [1.29, 1.82) is 0 Å². The summed E-state index contributed by atoms with van der Waals surface area (Å²) in [6, 6.07) is 0. The second kappa shape index (κ2) is 4.68. The van der Waals surface area contributed by atoms with Crippen LogP contribution in [0.25, 0.3) is 0 Å². The van der Waals surface area contributed by atoms with Crippen molar-refractivity contribution < 1.29 is 52.7 Å². The van der Waals surface area contributed by atoms with Gasteiger partial charge in [0.05, 0.1) is 11.1 Å². The average molecular weight is 352 g/mol. The van der Waals surface area contributed by atoms with Crippen molar-refractivity contribution in [2.75, 3.05) is 0 Å². The molecule has 0 atom stereocenters. The Morgan fingerprint density at radius 1 is 0.429 bits per heavy atom. The van der Waals surface area contributed by atoms with Gasteiger partial charge in [-0.25, -0.2) is 0 Å². The van der Waals surface area contributed by atoms with Gasteiger partial charge in [0.1, 0.15) is 9.52 Å². The topological polar surface area (TPSA) is 0 Å². The van der Waals surface area contributed by atoms with Crippen LogP contribution in [0.2, 0.25) is 0 Å². The molecule has 0 N–H and O–H groups in total. The Morgan fingerprint density at radius 3 is 0.810 bits per heavy atom. The zero-order chi connectivity index (χ0) is 17.0. The standard InChI is InChI=1S/C8F12Si/c9-5(10,11)1-2(6(12,13)14)4(8(18,19)20)21-3(1)7(15,16)17. The molecule has 120 valence electrons. The van der Waals surface area contributed by atoms with Gasteiger partial charge in [-0.05, 0) is 0 Å². The van der Waals surface area contributed by atoms with Gasteiger partial charge in [0.2, 0.25) is 0 Å². The zero-order valence-electron chi connectivity index (χ0n) is 9.04. The van der Waals surface area contributed by atoms with Crippen LogP contribution in [0.1, 0.15) is 0 Å². The summed E-state index contributed by atoms with van der Waals surface area (Å²) < 4.78 is 149. The largest absolute Gasteiger partial charge is 0.416 e. The Morgan fingerprint density at radius 2 is 0.667 bits per heavy atom. The van der Waals surface area contributed by atoms with Gasteiger partial charge in [0.15, 0.2) is 0 Å². The molecule has 0 nitrogen and oxygen atoms in total. The molecule has 0 aliphatic carbocycles. The maximum absolute atomic E-state index is 12.4. The molecule has 0 saturated carbocycles. The van der Waals surface area contributed by atoms with Crippen molar-refractivity contribution in [1.82, 2.24) is 0 Å². The third-order valence-corrected chi connectivity index (χ3v) is 3.70. The van der Waals surface area contributed by atoms with Crippen molar-refractivity contribution >= 4 is 9.52 Å². The molecule has 1 aliphatic heterocycles. The van der Waals surface area contributed by atoms with Gasteiger partial charge in [-0.3, -0.25) is 0 Å². The van der Waals surface area contributed by atoms with Crippen LogP contribution >= 0.6 is 0 Å². The van der Waals surface area contributed by atoms with E-state index in [1.165, 1.54) is 0 Å². The van der Waals surface area contributed by atoms with Crippen molar-refractivity contribution in [3.63, 3.8) is 0 Å². The Hall–Kier alpha value is -1.14. The normalized spacial score (nSPS) is 18.9. The summed E-state index contributed by atoms with van der Waals surface area (Å²) in [5, 5.41) is -5.76. The van der Waals surface area contributed by atoms with Crippen molar-refractivity contribution in [3.8, 4) is 0 Å². The van der Waals surface area contributed by atoms with Crippen LogP contribution in [0, 0.1) is 0 Å². The highest BCUT2D eigenvalue weighted by Gasteiger charge is 2.61. The fourth-order valence-electron chi connectivity index (χ4n) is 1.49. The van der Waals surface area contributed by atoms with E-state index < -0.39 is 55.8 Å². The lowest BCUT2D eigenvalue weighted by Crippen LogP contribution is -2.27. The van der Waals surface area contributed by atoms with Gasteiger partial charge in [-0.2, -0.15) is 52.7 Å². The predicted octanol–water partition coefficient (Wildman–Crippen LogP) is 4.46. The van der Waals surface area contributed by atoms with E-state index in [1.54, 1.807) is 0 Å². The van der Waals surface area contributed by atoms with Crippen molar-refractivity contribution in [2.24, 2.45) is 0 Å². The highest BCUT2D eigenvalue weighted by molar-refractivity contribution is 6.57. The fraction of sp³-hybridized carbons (Fsp3) is 0.500. The first kappa shape index (κ1) is 17.9. The van der Waals surface area contributed by atoms with Crippen molar-refractivity contribution in [3.05, 3.63) is 21.5 Å². The van der Waals surface area contributed by atoms with Crippen LogP contribution < -0.4 is 0 Å². The summed E-state index contributed by atoms with van der Waals surface area (Å²) in [6.07, 6.45) is -24.4. The van der Waals surface area contributed by atoms with E-state index in [0.717, 1.165) is 0 Å². The van der Waals surface area contributed by atoms with Gasteiger partial charge in [-0.15, -0.1) is 0 Å². The second-order valence-electron chi connectivity index (χ2n) is 3.62. The fourth-order valence-corrected chi connectivity index (χ4v) is 2.81. The van der Waals surface area contributed by atoms with E-state index in [1.807, 2.05) is 0 Å². The number of alkyl halides is 12. The molecule has 1 heterocycles. The van der Waals surface area contributed by atoms with Crippen LogP contribution in [-0.4, -0.2) is 34.2 Å². The quantitative estimate of drug-likeness (QED) is 0.446. The van der Waals surface area contributed by atoms with Crippen LogP contribution in [0.15, 0.2) is 21.5 Å². The van der Waals surface area contributed by atoms with Gasteiger partial charge in [0, 0.05) is 10.4 Å². The van der Waals surface area contributed by atoms with Crippen LogP contribution in [0.5, 0.6) is 0 Å². The van der Waals surface area contributed by atoms with Crippen LogP contribution in [-0.2, 0) is 0 Å². The van der Waals surface area contributed by atoms with E-state index in [2.05, 4.69) is 0 Å². The minimum absolute atomic E-state index is 2.83. The highest BCUT2D eigenvalue weighted by Crippen LogP contribution is 2.52. The molecule has 1 aliphatic rings. The first-order chi connectivity index (χ1) is 8.97. The molecule has 0 aromatic rings. The van der Waals surface area contributed by atoms with Gasteiger partial charge < -0.3 is 0 Å². The maximum Gasteiger partial charge on any atom is 0.416 e. The monoisotopic (exact) mass is 352 g/mol. The molecule has 0 aromatic carbocycles. The van der Waals surface area contributed by atoms with Crippen molar-refractivity contribution in [2.45, 2.75) is 24.7 Å². The minimum Gasteiger partial charge on any atom is -0.167 e. The second-order valence-corrected chi connectivity index (χ2v) is 4.87. The third kappa shape index (κ3) is 3.55. The molecule has 1 rings (SSSR count). The molecule has 0 aromatic heterocycles. The molecule has 0 unspecified atom stereocenters. The summed E-state index contributed by atoms with van der Waals surface area (Å²) >= 11 is 0. The van der Waals surface area contributed by atoms with E-state index in [9.17, 15) is 52.7 Å². The Labute approximate surface area is 109 Å². The third-order valence-electron chi connectivity index (χ3n) is 2.13.